The van der Waals surface area contributed by atoms with Gasteiger partial charge in [0, 0.05) is 6.54 Å². The van der Waals surface area contributed by atoms with E-state index < -0.39 is 29.1 Å². The number of rotatable bonds is 2. The van der Waals surface area contributed by atoms with E-state index in [-0.39, 0.29) is 22.8 Å². The normalized spacial score (nSPS) is 21.7. The first-order valence-corrected chi connectivity index (χ1v) is 7.21. The smallest absolute Gasteiger partial charge is 0.284 e. The number of aromatic nitrogens is 2. The van der Waals surface area contributed by atoms with Gasteiger partial charge < -0.3 is 9.72 Å². The zero-order valence-corrected chi connectivity index (χ0v) is 11.5. The van der Waals surface area contributed by atoms with Crippen LogP contribution in [0.2, 0.25) is 0 Å². The van der Waals surface area contributed by atoms with E-state index in [4.69, 9.17) is 0 Å². The Balaban J connectivity index is 2.32. The van der Waals surface area contributed by atoms with E-state index in [9.17, 15) is 17.2 Å². The molecule has 1 fully saturated rings. The molecule has 0 unspecified atom stereocenters. The summed E-state index contributed by atoms with van der Waals surface area (Å²) >= 11 is 2.95. The maximum absolute atomic E-state index is 13.3. The molecule has 10 heteroatoms. The second-order valence-electron chi connectivity index (χ2n) is 3.77. The van der Waals surface area contributed by atoms with Gasteiger partial charge in [0.15, 0.2) is 5.03 Å². The van der Waals surface area contributed by atoms with Gasteiger partial charge in [0.05, 0.1) is 19.5 Å². The molecule has 0 aromatic carbocycles. The highest BCUT2D eigenvalue weighted by atomic mass is 79.9. The van der Waals surface area contributed by atoms with Crippen LogP contribution in [-0.2, 0) is 14.8 Å². The first-order chi connectivity index (χ1) is 8.33. The van der Waals surface area contributed by atoms with Crippen LogP contribution in [0.25, 0.3) is 0 Å². The molecule has 0 aliphatic carbocycles. The van der Waals surface area contributed by atoms with Gasteiger partial charge in [0.25, 0.3) is 15.9 Å². The zero-order valence-electron chi connectivity index (χ0n) is 9.07. The van der Waals surface area contributed by atoms with Crippen molar-refractivity contribution in [2.75, 3.05) is 26.3 Å². The first-order valence-electron chi connectivity index (χ1n) is 4.97. The quantitative estimate of drug-likeness (QED) is 0.861. The van der Waals surface area contributed by atoms with Crippen LogP contribution in [-0.4, -0.2) is 54.9 Å². The number of halogens is 3. The fourth-order valence-corrected chi connectivity index (χ4v) is 3.78. The van der Waals surface area contributed by atoms with E-state index in [1.807, 2.05) is 0 Å². The van der Waals surface area contributed by atoms with E-state index >= 15 is 0 Å². The molecule has 6 nitrogen and oxygen atoms in total. The first kappa shape index (κ1) is 13.8. The maximum atomic E-state index is 13.3. The van der Waals surface area contributed by atoms with E-state index in [2.05, 4.69) is 30.6 Å². The van der Waals surface area contributed by atoms with Crippen LogP contribution in [0.4, 0.5) is 8.78 Å². The van der Waals surface area contributed by atoms with Crippen LogP contribution < -0.4 is 0 Å². The van der Waals surface area contributed by atoms with Crippen LogP contribution in [0.1, 0.15) is 0 Å². The third-order valence-corrected chi connectivity index (χ3v) is 5.05. The van der Waals surface area contributed by atoms with Crippen molar-refractivity contribution in [3.63, 3.8) is 0 Å². The lowest BCUT2D eigenvalue weighted by molar-refractivity contribution is -0.0630. The third-order valence-electron chi connectivity index (χ3n) is 2.36. The second kappa shape index (κ2) is 4.83. The predicted octanol–water partition coefficient (Wildman–Crippen LogP) is 0.828. The molecular formula is C8H10BrF2N3O3S. The molecule has 0 spiro atoms. The van der Waals surface area contributed by atoms with Gasteiger partial charge in [-0.05, 0) is 15.9 Å². The Morgan fingerprint density at radius 2 is 2.28 bits per heavy atom. The Kier molecular flexibility index (Phi) is 3.72. The molecule has 1 N–H and O–H groups in total. The summed E-state index contributed by atoms with van der Waals surface area (Å²) in [5, 5.41) is -0.236. The van der Waals surface area contributed by atoms with Gasteiger partial charge in [-0.3, -0.25) is 0 Å². The molecule has 1 aromatic rings. The standard InChI is InChI=1S/C8H10BrF2N3O3S/c9-6-7(13-5-12-6)18(15,16)14-1-2-17-4-8(10,11)3-14/h5H,1-4H2,(H,12,13). The molecule has 0 atom stereocenters. The number of hydrogen-bond donors (Lipinski definition) is 1. The largest absolute Gasteiger partial charge is 0.374 e. The second-order valence-corrected chi connectivity index (χ2v) is 6.40. The van der Waals surface area contributed by atoms with E-state index in [1.54, 1.807) is 0 Å². The van der Waals surface area contributed by atoms with E-state index in [0.717, 1.165) is 0 Å². The number of ether oxygens (including phenoxy) is 1. The average molecular weight is 346 g/mol. The van der Waals surface area contributed by atoms with Gasteiger partial charge >= 0.3 is 0 Å². The van der Waals surface area contributed by atoms with Gasteiger partial charge in [-0.2, -0.15) is 4.31 Å². The number of H-pyrrole nitrogens is 1. The lowest BCUT2D eigenvalue weighted by Gasteiger charge is -2.21. The summed E-state index contributed by atoms with van der Waals surface area (Å²) in [4.78, 5) is 6.09. The predicted molar refractivity (Wildman–Crippen MR) is 60.8 cm³/mol. The van der Waals surface area contributed by atoms with Crippen LogP contribution in [0.15, 0.2) is 16.0 Å². The molecule has 1 aromatic heterocycles. The van der Waals surface area contributed by atoms with Gasteiger partial charge in [0.2, 0.25) is 0 Å². The van der Waals surface area contributed by atoms with Crippen molar-refractivity contribution in [3.8, 4) is 0 Å². The number of sulfonamides is 1. The molecular weight excluding hydrogens is 336 g/mol. The fraction of sp³-hybridized carbons (Fsp3) is 0.625. The number of nitrogens with zero attached hydrogens (tertiary/aromatic N) is 2. The number of nitrogens with one attached hydrogen (secondary N) is 1. The molecule has 0 saturated carbocycles. The minimum atomic E-state index is -4.04. The zero-order chi connectivity index (χ0) is 13.4. The Morgan fingerprint density at radius 1 is 1.56 bits per heavy atom. The molecule has 18 heavy (non-hydrogen) atoms. The van der Waals surface area contributed by atoms with Crippen molar-refractivity contribution in [1.29, 1.82) is 0 Å². The molecule has 0 amide bonds. The van der Waals surface area contributed by atoms with Crippen molar-refractivity contribution >= 4 is 26.0 Å². The lowest BCUT2D eigenvalue weighted by Crippen LogP contribution is -2.41. The minimum absolute atomic E-state index is 0.0657. The summed E-state index contributed by atoms with van der Waals surface area (Å²) < 4.78 is 56.4. The Bertz CT molecular complexity index is 533. The SMILES string of the molecule is O=S(=O)(c1[nH]cnc1Br)N1CCOCC(F)(F)C1. The van der Waals surface area contributed by atoms with Crippen molar-refractivity contribution < 1.29 is 21.9 Å². The highest BCUT2D eigenvalue weighted by Crippen LogP contribution is 2.26. The van der Waals surface area contributed by atoms with E-state index in [0.29, 0.717) is 4.31 Å². The van der Waals surface area contributed by atoms with Crippen molar-refractivity contribution in [2.45, 2.75) is 10.9 Å². The lowest BCUT2D eigenvalue weighted by atomic mass is 10.4. The molecule has 2 heterocycles. The van der Waals surface area contributed by atoms with Crippen LogP contribution in [0.5, 0.6) is 0 Å². The summed E-state index contributed by atoms with van der Waals surface area (Å²) in [6, 6.07) is 0. The summed E-state index contributed by atoms with van der Waals surface area (Å²) in [6.07, 6.45) is 1.17. The van der Waals surface area contributed by atoms with Gasteiger partial charge in [-0.15, -0.1) is 0 Å². The Hall–Kier alpha value is -0.580. The molecule has 1 aliphatic heterocycles. The molecule has 0 bridgehead atoms. The summed E-state index contributed by atoms with van der Waals surface area (Å²) in [5.41, 5.74) is 0. The third kappa shape index (κ3) is 2.71. The number of alkyl halides is 2. The number of aromatic amines is 1. The highest BCUT2D eigenvalue weighted by molar-refractivity contribution is 9.10. The summed E-state index contributed by atoms with van der Waals surface area (Å²) in [5.74, 6) is -3.20. The molecule has 1 saturated heterocycles. The summed E-state index contributed by atoms with van der Waals surface area (Å²) in [7, 11) is -4.04. The van der Waals surface area contributed by atoms with Crippen molar-refractivity contribution in [2.24, 2.45) is 0 Å². The van der Waals surface area contributed by atoms with Crippen LogP contribution in [0, 0.1) is 0 Å². The monoisotopic (exact) mass is 345 g/mol. The summed E-state index contributed by atoms with van der Waals surface area (Å²) in [6.45, 7) is -1.87. The number of imidazole rings is 1. The molecule has 1 aliphatic rings. The van der Waals surface area contributed by atoms with Gasteiger partial charge in [0.1, 0.15) is 11.2 Å². The maximum Gasteiger partial charge on any atom is 0.284 e. The van der Waals surface area contributed by atoms with Crippen LogP contribution in [0.3, 0.4) is 0 Å². The highest BCUT2D eigenvalue weighted by Gasteiger charge is 2.40. The van der Waals surface area contributed by atoms with Gasteiger partial charge in [-0.25, -0.2) is 22.2 Å². The average Bonchev–Trinajstić information content (AvgIpc) is 2.60. The minimum Gasteiger partial charge on any atom is -0.374 e. The van der Waals surface area contributed by atoms with Crippen molar-refractivity contribution in [3.05, 3.63) is 10.9 Å². The Morgan fingerprint density at radius 3 is 2.89 bits per heavy atom. The van der Waals surface area contributed by atoms with Crippen LogP contribution >= 0.6 is 15.9 Å². The van der Waals surface area contributed by atoms with Gasteiger partial charge in [-0.1, -0.05) is 0 Å². The van der Waals surface area contributed by atoms with Crippen molar-refractivity contribution in [1.82, 2.24) is 14.3 Å². The molecule has 0 radical (unpaired) electrons. The molecule has 2 rings (SSSR count). The Labute approximate surface area is 111 Å². The molecule has 102 valence electrons. The number of hydrogen-bond acceptors (Lipinski definition) is 4. The fourth-order valence-electron chi connectivity index (χ4n) is 1.55. The topological polar surface area (TPSA) is 75.3 Å². The van der Waals surface area contributed by atoms with E-state index in [1.165, 1.54) is 6.33 Å².